The Balaban J connectivity index is 2.44. The molecule has 0 bridgehead atoms. The molecule has 0 aromatic carbocycles. The van der Waals surface area contributed by atoms with Gasteiger partial charge in [0.05, 0.1) is 0 Å². The van der Waals surface area contributed by atoms with E-state index in [0.717, 1.165) is 6.54 Å². The van der Waals surface area contributed by atoms with E-state index < -0.39 is 0 Å². The largest absolute Gasteiger partial charge is 0.310 e. The summed E-state index contributed by atoms with van der Waals surface area (Å²) in [6.07, 6.45) is 0. The van der Waals surface area contributed by atoms with E-state index in [9.17, 15) is 0 Å². The van der Waals surface area contributed by atoms with Gasteiger partial charge in [-0.25, -0.2) is 0 Å². The summed E-state index contributed by atoms with van der Waals surface area (Å²) in [4.78, 5) is 1.37. The van der Waals surface area contributed by atoms with Crippen molar-refractivity contribution in [1.29, 1.82) is 0 Å². The Morgan fingerprint density at radius 2 is 2.36 bits per heavy atom. The third kappa shape index (κ3) is 2.93. The van der Waals surface area contributed by atoms with Gasteiger partial charge in [-0.15, -0.1) is 11.3 Å². The van der Waals surface area contributed by atoms with E-state index in [2.05, 4.69) is 46.5 Å². The summed E-state index contributed by atoms with van der Waals surface area (Å²) in [6, 6.07) is 2.64. The molecule has 0 spiro atoms. The molecular formula is C8H12BrNS. The second-order valence-electron chi connectivity index (χ2n) is 2.73. The first kappa shape index (κ1) is 9.23. The third-order valence-electron chi connectivity index (χ3n) is 1.36. The summed E-state index contributed by atoms with van der Waals surface area (Å²) >= 11 is 5.27. The van der Waals surface area contributed by atoms with Crippen LogP contribution in [0.3, 0.4) is 0 Å². The fourth-order valence-corrected chi connectivity index (χ4v) is 2.19. The molecule has 0 fully saturated rings. The standard InChI is InChI=1S/C8H12BrNS/c1-6(2)10-5-8-7(9)3-4-11-8/h3-4,6,10H,5H2,1-2H3. The van der Waals surface area contributed by atoms with Crippen LogP contribution in [0.15, 0.2) is 15.9 Å². The fourth-order valence-electron chi connectivity index (χ4n) is 0.748. The molecule has 62 valence electrons. The molecule has 0 aliphatic heterocycles. The van der Waals surface area contributed by atoms with E-state index in [1.165, 1.54) is 9.35 Å². The highest BCUT2D eigenvalue weighted by Gasteiger charge is 2.00. The Kier molecular flexibility index (Phi) is 3.55. The molecule has 1 heterocycles. The van der Waals surface area contributed by atoms with Gasteiger partial charge in [0.15, 0.2) is 0 Å². The van der Waals surface area contributed by atoms with Crippen molar-refractivity contribution in [2.75, 3.05) is 0 Å². The molecule has 0 saturated heterocycles. The van der Waals surface area contributed by atoms with Gasteiger partial charge in [-0.1, -0.05) is 13.8 Å². The summed E-state index contributed by atoms with van der Waals surface area (Å²) in [5, 5.41) is 5.47. The lowest BCUT2D eigenvalue weighted by atomic mass is 10.4. The van der Waals surface area contributed by atoms with Crippen LogP contribution in [0.2, 0.25) is 0 Å². The second-order valence-corrected chi connectivity index (χ2v) is 4.58. The maximum atomic E-state index is 3.49. The quantitative estimate of drug-likeness (QED) is 0.847. The zero-order chi connectivity index (χ0) is 8.27. The van der Waals surface area contributed by atoms with Crippen LogP contribution in [-0.4, -0.2) is 6.04 Å². The molecule has 1 aromatic heterocycles. The molecule has 0 saturated carbocycles. The van der Waals surface area contributed by atoms with Crippen LogP contribution in [0.25, 0.3) is 0 Å². The number of halogens is 1. The summed E-state index contributed by atoms with van der Waals surface area (Å²) in [5.74, 6) is 0. The van der Waals surface area contributed by atoms with Crippen molar-refractivity contribution < 1.29 is 0 Å². The fraction of sp³-hybridized carbons (Fsp3) is 0.500. The van der Waals surface area contributed by atoms with E-state index in [1.807, 2.05) is 0 Å². The maximum Gasteiger partial charge on any atom is 0.0327 e. The first-order chi connectivity index (χ1) is 5.20. The zero-order valence-electron chi connectivity index (χ0n) is 6.73. The first-order valence-electron chi connectivity index (χ1n) is 3.65. The Morgan fingerprint density at radius 1 is 1.64 bits per heavy atom. The molecule has 11 heavy (non-hydrogen) atoms. The van der Waals surface area contributed by atoms with Crippen molar-refractivity contribution >= 4 is 27.3 Å². The van der Waals surface area contributed by atoms with Crippen LogP contribution < -0.4 is 5.32 Å². The normalized spacial score (nSPS) is 10.9. The minimum absolute atomic E-state index is 0.559. The van der Waals surface area contributed by atoms with E-state index in [-0.39, 0.29) is 0 Å². The lowest BCUT2D eigenvalue weighted by Gasteiger charge is -2.05. The average molecular weight is 234 g/mol. The number of thiophene rings is 1. The van der Waals surface area contributed by atoms with E-state index in [1.54, 1.807) is 11.3 Å². The number of nitrogens with one attached hydrogen (secondary N) is 1. The van der Waals surface area contributed by atoms with Crippen molar-refractivity contribution in [3.8, 4) is 0 Å². The lowest BCUT2D eigenvalue weighted by molar-refractivity contribution is 0.592. The maximum absolute atomic E-state index is 3.49. The summed E-state index contributed by atoms with van der Waals surface area (Å²) in [7, 11) is 0. The van der Waals surface area contributed by atoms with E-state index in [4.69, 9.17) is 0 Å². The van der Waals surface area contributed by atoms with Gasteiger partial charge >= 0.3 is 0 Å². The molecule has 1 nitrogen and oxygen atoms in total. The molecule has 3 heteroatoms. The van der Waals surface area contributed by atoms with Crippen LogP contribution in [0, 0.1) is 0 Å². The summed E-state index contributed by atoms with van der Waals surface area (Å²) in [6.45, 7) is 5.28. The van der Waals surface area contributed by atoms with Crippen molar-refractivity contribution in [3.63, 3.8) is 0 Å². The van der Waals surface area contributed by atoms with Crippen molar-refractivity contribution in [3.05, 3.63) is 20.8 Å². The third-order valence-corrected chi connectivity index (χ3v) is 3.29. The van der Waals surface area contributed by atoms with Gasteiger partial charge in [0.1, 0.15) is 0 Å². The molecule has 0 radical (unpaired) electrons. The van der Waals surface area contributed by atoms with E-state index in [0.29, 0.717) is 6.04 Å². The Labute approximate surface area is 79.9 Å². The van der Waals surface area contributed by atoms with Gasteiger partial charge in [-0.05, 0) is 27.4 Å². The van der Waals surface area contributed by atoms with Gasteiger partial charge in [-0.3, -0.25) is 0 Å². The van der Waals surface area contributed by atoms with Crippen LogP contribution in [0.5, 0.6) is 0 Å². The summed E-state index contributed by atoms with van der Waals surface area (Å²) in [5.41, 5.74) is 0. The Hall–Kier alpha value is 0.140. The molecule has 0 amide bonds. The predicted octanol–water partition coefficient (Wildman–Crippen LogP) is 3.01. The van der Waals surface area contributed by atoms with Gasteiger partial charge in [-0.2, -0.15) is 0 Å². The van der Waals surface area contributed by atoms with Crippen molar-refractivity contribution in [1.82, 2.24) is 5.32 Å². The molecule has 0 atom stereocenters. The monoisotopic (exact) mass is 233 g/mol. The SMILES string of the molecule is CC(C)NCc1sccc1Br. The highest BCUT2D eigenvalue weighted by Crippen LogP contribution is 2.22. The highest BCUT2D eigenvalue weighted by atomic mass is 79.9. The molecule has 1 aromatic rings. The molecule has 0 aliphatic carbocycles. The predicted molar refractivity (Wildman–Crippen MR) is 54.0 cm³/mol. The zero-order valence-corrected chi connectivity index (χ0v) is 9.13. The number of hydrogen-bond acceptors (Lipinski definition) is 2. The van der Waals surface area contributed by atoms with Gasteiger partial charge < -0.3 is 5.32 Å². The molecule has 0 aliphatic rings. The first-order valence-corrected chi connectivity index (χ1v) is 5.32. The van der Waals surface area contributed by atoms with Gasteiger partial charge in [0, 0.05) is 21.9 Å². The van der Waals surface area contributed by atoms with Crippen molar-refractivity contribution in [2.24, 2.45) is 0 Å². The van der Waals surface area contributed by atoms with Gasteiger partial charge in [0.2, 0.25) is 0 Å². The summed E-state index contributed by atoms with van der Waals surface area (Å²) < 4.78 is 1.22. The van der Waals surface area contributed by atoms with Crippen LogP contribution in [0.1, 0.15) is 18.7 Å². The van der Waals surface area contributed by atoms with Crippen LogP contribution in [0.4, 0.5) is 0 Å². The van der Waals surface area contributed by atoms with E-state index >= 15 is 0 Å². The van der Waals surface area contributed by atoms with Crippen LogP contribution >= 0.6 is 27.3 Å². The van der Waals surface area contributed by atoms with Gasteiger partial charge in [0.25, 0.3) is 0 Å². The minimum atomic E-state index is 0.559. The lowest BCUT2D eigenvalue weighted by Crippen LogP contribution is -2.21. The van der Waals surface area contributed by atoms with Crippen LogP contribution in [-0.2, 0) is 6.54 Å². The number of hydrogen-bond donors (Lipinski definition) is 1. The Bertz CT molecular complexity index is 220. The smallest absolute Gasteiger partial charge is 0.0327 e. The topological polar surface area (TPSA) is 12.0 Å². The molecule has 1 N–H and O–H groups in total. The molecular weight excluding hydrogens is 222 g/mol. The minimum Gasteiger partial charge on any atom is -0.310 e. The molecule has 0 unspecified atom stereocenters. The Morgan fingerprint density at radius 3 is 2.82 bits per heavy atom. The van der Waals surface area contributed by atoms with Crippen molar-refractivity contribution in [2.45, 2.75) is 26.4 Å². The number of rotatable bonds is 3. The highest BCUT2D eigenvalue weighted by molar-refractivity contribution is 9.10. The molecule has 1 rings (SSSR count). The second kappa shape index (κ2) is 4.24. The average Bonchev–Trinajstić information content (AvgIpc) is 2.31.